The SMILES string of the molecule is CCCS(=O)(=O)N1CCCN(C(=O)c2cc(C)on2)CC1. The van der Waals surface area contributed by atoms with Crippen LogP contribution in [0, 0.1) is 6.92 Å². The standard InChI is InChI=1S/C13H21N3O4S/c1-3-9-21(18,19)16-6-4-5-15(7-8-16)13(17)12-10-11(2)20-14-12/h10H,3-9H2,1-2H3. The zero-order valence-corrected chi connectivity index (χ0v) is 13.2. The highest BCUT2D eigenvalue weighted by molar-refractivity contribution is 7.89. The lowest BCUT2D eigenvalue weighted by Crippen LogP contribution is -2.38. The smallest absolute Gasteiger partial charge is 0.276 e. The molecule has 0 radical (unpaired) electrons. The van der Waals surface area contributed by atoms with E-state index < -0.39 is 10.0 Å². The summed E-state index contributed by atoms with van der Waals surface area (Å²) >= 11 is 0. The van der Waals surface area contributed by atoms with Crippen LogP contribution in [-0.2, 0) is 10.0 Å². The van der Waals surface area contributed by atoms with Crippen molar-refractivity contribution in [2.24, 2.45) is 0 Å². The molecule has 7 nitrogen and oxygen atoms in total. The molecule has 8 heteroatoms. The summed E-state index contributed by atoms with van der Waals surface area (Å²) in [6, 6.07) is 1.60. The fourth-order valence-corrected chi connectivity index (χ4v) is 3.93. The molecule has 1 aliphatic rings. The van der Waals surface area contributed by atoms with Crippen LogP contribution in [0.3, 0.4) is 0 Å². The largest absolute Gasteiger partial charge is 0.361 e. The van der Waals surface area contributed by atoms with Gasteiger partial charge >= 0.3 is 0 Å². The number of carbonyl (C=O) groups is 1. The molecule has 0 atom stereocenters. The molecule has 1 aromatic rings. The zero-order valence-electron chi connectivity index (χ0n) is 12.4. The third-order valence-corrected chi connectivity index (χ3v) is 5.52. The molecule has 2 rings (SSSR count). The first-order valence-electron chi connectivity index (χ1n) is 7.14. The van der Waals surface area contributed by atoms with Crippen LogP contribution in [0.2, 0.25) is 0 Å². The molecule has 1 aliphatic heterocycles. The summed E-state index contributed by atoms with van der Waals surface area (Å²) in [6.07, 6.45) is 1.23. The van der Waals surface area contributed by atoms with Crippen molar-refractivity contribution in [3.05, 3.63) is 17.5 Å². The van der Waals surface area contributed by atoms with Crippen LogP contribution in [-0.4, -0.2) is 60.6 Å². The van der Waals surface area contributed by atoms with Crippen LogP contribution >= 0.6 is 0 Å². The topological polar surface area (TPSA) is 83.7 Å². The second-order valence-corrected chi connectivity index (χ2v) is 7.27. The number of hydrogen-bond acceptors (Lipinski definition) is 5. The molecule has 0 N–H and O–H groups in total. The van der Waals surface area contributed by atoms with Gasteiger partial charge in [-0.25, -0.2) is 12.7 Å². The average Bonchev–Trinajstić information content (AvgIpc) is 2.72. The van der Waals surface area contributed by atoms with Gasteiger partial charge in [-0.1, -0.05) is 12.1 Å². The van der Waals surface area contributed by atoms with Crippen molar-refractivity contribution in [1.29, 1.82) is 0 Å². The first-order chi connectivity index (χ1) is 9.94. The van der Waals surface area contributed by atoms with E-state index in [1.54, 1.807) is 17.9 Å². The lowest BCUT2D eigenvalue weighted by atomic mass is 10.3. The van der Waals surface area contributed by atoms with E-state index in [-0.39, 0.29) is 17.4 Å². The van der Waals surface area contributed by atoms with Gasteiger partial charge in [-0.05, 0) is 19.8 Å². The Balaban J connectivity index is 2.02. The summed E-state index contributed by atoms with van der Waals surface area (Å²) in [5.41, 5.74) is 0.275. The van der Waals surface area contributed by atoms with E-state index in [4.69, 9.17) is 4.52 Å². The normalized spacial score (nSPS) is 17.7. The maximum absolute atomic E-state index is 12.3. The predicted molar refractivity (Wildman–Crippen MR) is 77.4 cm³/mol. The molecule has 0 saturated carbocycles. The summed E-state index contributed by atoms with van der Waals surface area (Å²) in [5.74, 6) is 0.533. The third-order valence-electron chi connectivity index (χ3n) is 3.44. The van der Waals surface area contributed by atoms with E-state index in [0.29, 0.717) is 44.8 Å². The quantitative estimate of drug-likeness (QED) is 0.823. The van der Waals surface area contributed by atoms with Crippen molar-refractivity contribution in [3.63, 3.8) is 0 Å². The highest BCUT2D eigenvalue weighted by atomic mass is 32.2. The molecule has 0 aromatic carbocycles. The zero-order chi connectivity index (χ0) is 15.5. The van der Waals surface area contributed by atoms with Crippen LogP contribution in [0.4, 0.5) is 0 Å². The van der Waals surface area contributed by atoms with E-state index in [2.05, 4.69) is 5.16 Å². The minimum atomic E-state index is -3.21. The molecular formula is C13H21N3O4S. The van der Waals surface area contributed by atoms with Crippen molar-refractivity contribution in [3.8, 4) is 0 Å². The van der Waals surface area contributed by atoms with Crippen LogP contribution in [0.25, 0.3) is 0 Å². The summed E-state index contributed by atoms with van der Waals surface area (Å²) in [5, 5.41) is 3.72. The molecule has 1 saturated heterocycles. The van der Waals surface area contributed by atoms with Gasteiger partial charge in [0, 0.05) is 32.2 Å². The summed E-state index contributed by atoms with van der Waals surface area (Å²) in [4.78, 5) is 13.9. The number of hydrogen-bond donors (Lipinski definition) is 0. The Morgan fingerprint density at radius 1 is 1.33 bits per heavy atom. The number of aryl methyl sites for hydroxylation is 1. The Morgan fingerprint density at radius 2 is 2.10 bits per heavy atom. The van der Waals surface area contributed by atoms with Crippen molar-refractivity contribution in [2.45, 2.75) is 26.7 Å². The van der Waals surface area contributed by atoms with Crippen LogP contribution in [0.15, 0.2) is 10.6 Å². The first-order valence-corrected chi connectivity index (χ1v) is 8.75. The van der Waals surface area contributed by atoms with Gasteiger partial charge in [0.15, 0.2) is 5.69 Å². The van der Waals surface area contributed by atoms with Crippen molar-refractivity contribution < 1.29 is 17.7 Å². The van der Waals surface area contributed by atoms with Crippen LogP contribution < -0.4 is 0 Å². The van der Waals surface area contributed by atoms with Gasteiger partial charge in [-0.3, -0.25) is 4.79 Å². The van der Waals surface area contributed by atoms with Gasteiger partial charge in [-0.2, -0.15) is 0 Å². The Labute approximate surface area is 124 Å². The molecule has 21 heavy (non-hydrogen) atoms. The van der Waals surface area contributed by atoms with Gasteiger partial charge in [0.1, 0.15) is 5.76 Å². The van der Waals surface area contributed by atoms with Gasteiger partial charge in [-0.15, -0.1) is 0 Å². The van der Waals surface area contributed by atoms with Gasteiger partial charge in [0.25, 0.3) is 5.91 Å². The number of sulfonamides is 1. The van der Waals surface area contributed by atoms with E-state index in [1.807, 2.05) is 6.92 Å². The number of amides is 1. The lowest BCUT2D eigenvalue weighted by Gasteiger charge is -2.21. The second kappa shape index (κ2) is 6.57. The number of rotatable bonds is 4. The highest BCUT2D eigenvalue weighted by Crippen LogP contribution is 2.12. The molecule has 0 spiro atoms. The molecule has 0 unspecified atom stereocenters. The monoisotopic (exact) mass is 315 g/mol. The fraction of sp³-hybridized carbons (Fsp3) is 0.692. The van der Waals surface area contributed by atoms with E-state index >= 15 is 0 Å². The number of nitrogens with zero attached hydrogens (tertiary/aromatic N) is 3. The minimum absolute atomic E-state index is 0.156. The van der Waals surface area contributed by atoms with Gasteiger partial charge in [0.05, 0.1) is 5.75 Å². The maximum Gasteiger partial charge on any atom is 0.276 e. The summed E-state index contributed by atoms with van der Waals surface area (Å²) in [6.45, 7) is 5.29. The van der Waals surface area contributed by atoms with Gasteiger partial charge in [0.2, 0.25) is 10.0 Å². The lowest BCUT2D eigenvalue weighted by molar-refractivity contribution is 0.0754. The van der Waals surface area contributed by atoms with E-state index in [1.165, 1.54) is 4.31 Å². The summed E-state index contributed by atoms with van der Waals surface area (Å²) < 4.78 is 30.6. The molecule has 0 aliphatic carbocycles. The van der Waals surface area contributed by atoms with Crippen molar-refractivity contribution >= 4 is 15.9 Å². The van der Waals surface area contributed by atoms with Crippen molar-refractivity contribution in [2.75, 3.05) is 31.9 Å². The number of carbonyl (C=O) groups excluding carboxylic acids is 1. The fourth-order valence-electron chi connectivity index (χ4n) is 2.39. The Morgan fingerprint density at radius 3 is 2.71 bits per heavy atom. The molecule has 2 heterocycles. The predicted octanol–water partition coefficient (Wildman–Crippen LogP) is 0.871. The van der Waals surface area contributed by atoms with E-state index in [9.17, 15) is 13.2 Å². The average molecular weight is 315 g/mol. The minimum Gasteiger partial charge on any atom is -0.361 e. The van der Waals surface area contributed by atoms with Crippen LogP contribution in [0.5, 0.6) is 0 Å². The molecule has 0 bridgehead atoms. The highest BCUT2D eigenvalue weighted by Gasteiger charge is 2.27. The molecule has 1 fully saturated rings. The Bertz CT molecular complexity index is 596. The Kier molecular flexibility index (Phi) is 5.00. The second-order valence-electron chi connectivity index (χ2n) is 5.18. The van der Waals surface area contributed by atoms with Crippen LogP contribution in [0.1, 0.15) is 36.0 Å². The summed E-state index contributed by atoms with van der Waals surface area (Å²) in [7, 11) is -3.21. The molecular weight excluding hydrogens is 294 g/mol. The van der Waals surface area contributed by atoms with Gasteiger partial charge < -0.3 is 9.42 Å². The first kappa shape index (κ1) is 16.0. The molecule has 118 valence electrons. The third kappa shape index (κ3) is 3.82. The molecule has 1 amide bonds. The maximum atomic E-state index is 12.3. The Hall–Kier alpha value is -1.41. The molecule has 1 aromatic heterocycles. The van der Waals surface area contributed by atoms with Crippen molar-refractivity contribution in [1.82, 2.24) is 14.4 Å². The van der Waals surface area contributed by atoms with E-state index in [0.717, 1.165) is 0 Å². The number of aromatic nitrogens is 1.